The molecule has 0 aromatic heterocycles. The van der Waals surface area contributed by atoms with Crippen LogP contribution in [0.2, 0.25) is 0 Å². The maximum absolute atomic E-state index is 13.3. The molecular formula is C14H20FNO2. The van der Waals surface area contributed by atoms with Crippen molar-refractivity contribution >= 4 is 0 Å². The average Bonchev–Trinajstić information content (AvgIpc) is 2.86. The molecule has 0 bridgehead atoms. The van der Waals surface area contributed by atoms with Crippen molar-refractivity contribution in [2.75, 3.05) is 26.2 Å². The Morgan fingerprint density at radius 1 is 1.50 bits per heavy atom. The number of likely N-dealkylation sites (tertiary alicyclic amines) is 1. The number of aliphatic hydroxyl groups is 1. The van der Waals surface area contributed by atoms with Crippen LogP contribution in [0.1, 0.15) is 13.3 Å². The van der Waals surface area contributed by atoms with Gasteiger partial charge in [-0.15, -0.1) is 0 Å². The van der Waals surface area contributed by atoms with E-state index >= 15 is 0 Å². The standard InChI is InChI=1S/C14H20FNO2/c1-2-16-8-7-11(9-16)13(17)10-18-14-6-4-3-5-12(14)15/h3-6,11,13,17H,2,7-10H2,1H3. The molecule has 0 saturated carbocycles. The van der Waals surface area contributed by atoms with Gasteiger partial charge in [0.1, 0.15) is 6.61 Å². The van der Waals surface area contributed by atoms with E-state index in [0.717, 1.165) is 26.1 Å². The van der Waals surface area contributed by atoms with Gasteiger partial charge in [-0.05, 0) is 31.6 Å². The third-order valence-electron chi connectivity index (χ3n) is 3.55. The van der Waals surface area contributed by atoms with Gasteiger partial charge in [-0.2, -0.15) is 0 Å². The molecule has 3 nitrogen and oxygen atoms in total. The Balaban J connectivity index is 1.82. The van der Waals surface area contributed by atoms with E-state index in [2.05, 4.69) is 11.8 Å². The second-order valence-electron chi connectivity index (χ2n) is 4.75. The van der Waals surface area contributed by atoms with Crippen molar-refractivity contribution in [3.05, 3.63) is 30.1 Å². The number of hydrogen-bond donors (Lipinski definition) is 1. The fraction of sp³-hybridized carbons (Fsp3) is 0.571. The second-order valence-corrected chi connectivity index (χ2v) is 4.75. The molecule has 1 saturated heterocycles. The molecule has 0 spiro atoms. The molecule has 1 aromatic rings. The van der Waals surface area contributed by atoms with Crippen LogP contribution in [0.4, 0.5) is 4.39 Å². The maximum atomic E-state index is 13.3. The van der Waals surface area contributed by atoms with E-state index in [4.69, 9.17) is 4.74 Å². The Morgan fingerprint density at radius 3 is 2.94 bits per heavy atom. The lowest BCUT2D eigenvalue weighted by atomic mass is 10.0. The fourth-order valence-corrected chi connectivity index (χ4v) is 2.34. The van der Waals surface area contributed by atoms with Gasteiger partial charge < -0.3 is 14.7 Å². The summed E-state index contributed by atoms with van der Waals surface area (Å²) in [5.74, 6) is 0.0601. The highest BCUT2D eigenvalue weighted by Gasteiger charge is 2.27. The largest absolute Gasteiger partial charge is 0.488 e. The van der Waals surface area contributed by atoms with Crippen molar-refractivity contribution in [3.63, 3.8) is 0 Å². The summed E-state index contributed by atoms with van der Waals surface area (Å²) in [5.41, 5.74) is 0. The lowest BCUT2D eigenvalue weighted by Gasteiger charge is -2.19. The molecule has 4 heteroatoms. The molecule has 18 heavy (non-hydrogen) atoms. The third-order valence-corrected chi connectivity index (χ3v) is 3.55. The van der Waals surface area contributed by atoms with Gasteiger partial charge in [0.25, 0.3) is 0 Å². The molecule has 1 aliphatic rings. The number of benzene rings is 1. The van der Waals surface area contributed by atoms with Gasteiger partial charge >= 0.3 is 0 Å². The smallest absolute Gasteiger partial charge is 0.165 e. The number of para-hydroxylation sites is 1. The zero-order valence-corrected chi connectivity index (χ0v) is 10.7. The molecule has 0 amide bonds. The minimum Gasteiger partial charge on any atom is -0.488 e. The lowest BCUT2D eigenvalue weighted by Crippen LogP contribution is -2.30. The van der Waals surface area contributed by atoms with E-state index in [0.29, 0.717) is 0 Å². The van der Waals surface area contributed by atoms with Crippen molar-refractivity contribution in [1.82, 2.24) is 4.90 Å². The molecule has 2 rings (SSSR count). The van der Waals surface area contributed by atoms with Crippen molar-refractivity contribution in [3.8, 4) is 5.75 Å². The van der Waals surface area contributed by atoms with Crippen LogP contribution in [0.5, 0.6) is 5.75 Å². The summed E-state index contributed by atoms with van der Waals surface area (Å²) in [6, 6.07) is 6.28. The van der Waals surface area contributed by atoms with E-state index in [1.54, 1.807) is 18.2 Å². The van der Waals surface area contributed by atoms with Crippen LogP contribution in [0.15, 0.2) is 24.3 Å². The van der Waals surface area contributed by atoms with Gasteiger partial charge in [0.15, 0.2) is 11.6 Å². The first kappa shape index (κ1) is 13.3. The molecule has 0 radical (unpaired) electrons. The van der Waals surface area contributed by atoms with Crippen molar-refractivity contribution in [2.24, 2.45) is 5.92 Å². The molecule has 1 aromatic carbocycles. The molecule has 1 aliphatic heterocycles. The Bertz CT molecular complexity index is 386. The van der Waals surface area contributed by atoms with E-state index in [1.165, 1.54) is 6.07 Å². The molecule has 100 valence electrons. The van der Waals surface area contributed by atoms with Crippen LogP contribution in [0, 0.1) is 11.7 Å². The molecule has 1 heterocycles. The number of rotatable bonds is 5. The predicted molar refractivity (Wildman–Crippen MR) is 68.1 cm³/mol. The van der Waals surface area contributed by atoms with Gasteiger partial charge in [0.2, 0.25) is 0 Å². The van der Waals surface area contributed by atoms with E-state index in [9.17, 15) is 9.50 Å². The molecule has 0 aliphatic carbocycles. The molecule has 2 atom stereocenters. The first-order chi connectivity index (χ1) is 8.70. The highest BCUT2D eigenvalue weighted by atomic mass is 19.1. The minimum absolute atomic E-state index is 0.156. The number of ether oxygens (including phenoxy) is 1. The topological polar surface area (TPSA) is 32.7 Å². The first-order valence-electron chi connectivity index (χ1n) is 6.48. The molecular weight excluding hydrogens is 233 g/mol. The Morgan fingerprint density at radius 2 is 2.28 bits per heavy atom. The Hall–Kier alpha value is -1.13. The van der Waals surface area contributed by atoms with Crippen molar-refractivity contribution in [1.29, 1.82) is 0 Å². The number of halogens is 1. The van der Waals surface area contributed by atoms with E-state index in [1.807, 2.05) is 0 Å². The van der Waals surface area contributed by atoms with E-state index in [-0.39, 0.29) is 24.1 Å². The number of aliphatic hydroxyl groups excluding tert-OH is 1. The normalized spacial score (nSPS) is 22.1. The Labute approximate surface area is 107 Å². The highest BCUT2D eigenvalue weighted by molar-refractivity contribution is 5.23. The summed E-state index contributed by atoms with van der Waals surface area (Å²) in [5, 5.41) is 10.0. The summed E-state index contributed by atoms with van der Waals surface area (Å²) >= 11 is 0. The molecule has 1 N–H and O–H groups in total. The van der Waals surface area contributed by atoms with Crippen LogP contribution >= 0.6 is 0 Å². The zero-order chi connectivity index (χ0) is 13.0. The number of nitrogens with zero attached hydrogens (tertiary/aromatic N) is 1. The third kappa shape index (κ3) is 3.21. The van der Waals surface area contributed by atoms with Crippen LogP contribution in [0.25, 0.3) is 0 Å². The SMILES string of the molecule is CCN1CCC(C(O)COc2ccccc2F)C1. The van der Waals surface area contributed by atoms with Gasteiger partial charge in [-0.3, -0.25) is 0 Å². The first-order valence-corrected chi connectivity index (χ1v) is 6.48. The summed E-state index contributed by atoms with van der Waals surface area (Å²) in [6.07, 6.45) is 0.455. The average molecular weight is 253 g/mol. The predicted octanol–water partition coefficient (Wildman–Crippen LogP) is 1.91. The van der Waals surface area contributed by atoms with Crippen LogP contribution in [0.3, 0.4) is 0 Å². The Kier molecular flexibility index (Phi) is 4.55. The highest BCUT2D eigenvalue weighted by Crippen LogP contribution is 2.21. The monoisotopic (exact) mass is 253 g/mol. The second kappa shape index (κ2) is 6.16. The summed E-state index contributed by atoms with van der Waals surface area (Å²) in [7, 11) is 0. The summed E-state index contributed by atoms with van der Waals surface area (Å²) < 4.78 is 18.7. The quantitative estimate of drug-likeness (QED) is 0.870. The van der Waals surface area contributed by atoms with Gasteiger partial charge in [0, 0.05) is 12.5 Å². The van der Waals surface area contributed by atoms with Crippen LogP contribution < -0.4 is 4.74 Å². The summed E-state index contributed by atoms with van der Waals surface area (Å²) in [6.45, 7) is 5.21. The maximum Gasteiger partial charge on any atom is 0.165 e. The zero-order valence-electron chi connectivity index (χ0n) is 10.7. The minimum atomic E-state index is -0.527. The van der Waals surface area contributed by atoms with E-state index < -0.39 is 6.10 Å². The van der Waals surface area contributed by atoms with Gasteiger partial charge in [-0.25, -0.2) is 4.39 Å². The molecule has 1 fully saturated rings. The van der Waals surface area contributed by atoms with Gasteiger partial charge in [0.05, 0.1) is 6.10 Å². The lowest BCUT2D eigenvalue weighted by molar-refractivity contribution is 0.0585. The molecule has 2 unspecified atom stereocenters. The number of hydrogen-bond acceptors (Lipinski definition) is 3. The van der Waals surface area contributed by atoms with Crippen LogP contribution in [-0.2, 0) is 0 Å². The van der Waals surface area contributed by atoms with Gasteiger partial charge in [-0.1, -0.05) is 19.1 Å². The van der Waals surface area contributed by atoms with Crippen LogP contribution in [-0.4, -0.2) is 42.4 Å². The van der Waals surface area contributed by atoms with Crippen molar-refractivity contribution < 1.29 is 14.2 Å². The van der Waals surface area contributed by atoms with Crippen molar-refractivity contribution in [2.45, 2.75) is 19.4 Å². The summed E-state index contributed by atoms with van der Waals surface area (Å²) in [4.78, 5) is 2.30. The fourth-order valence-electron chi connectivity index (χ4n) is 2.34.